The molecule has 0 bridgehead atoms. The number of fused-ring (bicyclic) bond motifs is 6. The van der Waals surface area contributed by atoms with Crippen LogP contribution in [0.2, 0.25) is 0 Å². The zero-order chi connectivity index (χ0) is 37.0. The van der Waals surface area contributed by atoms with E-state index in [0.29, 0.717) is 5.82 Å². The first-order chi connectivity index (χ1) is 27.7. The number of aromatic nitrogens is 3. The lowest BCUT2D eigenvalue weighted by atomic mass is 9.91. The standard InChI is InChI=1S/C51H31N3O2/c1-2-11-34(12-3-1)51-53-43(33-24-22-32(23-25-33)35-13-10-26-52-31-35)30-44(54-51)38-28-36(39-16-8-20-47-49(39)41-14-4-6-18-45(41)55-47)27-37(29-38)40-17-9-21-48-50(40)42-15-5-7-19-46(42)56-48/h1-31H. The van der Waals surface area contributed by atoms with Gasteiger partial charge in [-0.2, -0.15) is 0 Å². The minimum absolute atomic E-state index is 0.659. The summed E-state index contributed by atoms with van der Waals surface area (Å²) in [6.07, 6.45) is 3.68. The van der Waals surface area contributed by atoms with E-state index in [1.165, 1.54) is 0 Å². The predicted octanol–water partition coefficient (Wildman–Crippen LogP) is 13.7. The minimum Gasteiger partial charge on any atom is -0.456 e. The molecule has 0 N–H and O–H groups in total. The van der Waals surface area contributed by atoms with Crippen LogP contribution in [-0.4, -0.2) is 15.0 Å². The molecule has 0 spiro atoms. The van der Waals surface area contributed by atoms with Crippen molar-refractivity contribution in [2.24, 2.45) is 0 Å². The monoisotopic (exact) mass is 717 g/mol. The molecular formula is C51H31N3O2. The second kappa shape index (κ2) is 13.0. The maximum Gasteiger partial charge on any atom is 0.160 e. The van der Waals surface area contributed by atoms with E-state index in [1.54, 1.807) is 6.20 Å². The predicted molar refractivity (Wildman–Crippen MR) is 227 cm³/mol. The lowest BCUT2D eigenvalue weighted by Crippen LogP contribution is -1.97. The van der Waals surface area contributed by atoms with E-state index in [0.717, 1.165) is 105 Å². The lowest BCUT2D eigenvalue weighted by Gasteiger charge is -2.14. The van der Waals surface area contributed by atoms with Gasteiger partial charge in [0.1, 0.15) is 22.3 Å². The Morgan fingerprint density at radius 1 is 0.339 bits per heavy atom. The van der Waals surface area contributed by atoms with Crippen molar-refractivity contribution in [2.45, 2.75) is 0 Å². The van der Waals surface area contributed by atoms with Crippen molar-refractivity contribution >= 4 is 43.9 Å². The Labute approximate surface area is 322 Å². The molecule has 0 fully saturated rings. The van der Waals surface area contributed by atoms with E-state index in [1.807, 2.05) is 66.9 Å². The number of furan rings is 2. The normalized spacial score (nSPS) is 11.6. The van der Waals surface area contributed by atoms with Gasteiger partial charge in [0.2, 0.25) is 0 Å². The highest BCUT2D eigenvalue weighted by Crippen LogP contribution is 2.43. The summed E-state index contributed by atoms with van der Waals surface area (Å²) in [6.45, 7) is 0. The van der Waals surface area contributed by atoms with Crippen molar-refractivity contribution in [3.8, 4) is 67.3 Å². The van der Waals surface area contributed by atoms with Gasteiger partial charge in [-0.3, -0.25) is 4.98 Å². The summed E-state index contributed by atoms with van der Waals surface area (Å²) in [5.74, 6) is 0.659. The molecule has 0 aliphatic rings. The summed E-state index contributed by atoms with van der Waals surface area (Å²) in [7, 11) is 0. The van der Waals surface area contributed by atoms with Crippen LogP contribution in [0.3, 0.4) is 0 Å². The second-order valence-electron chi connectivity index (χ2n) is 14.0. The molecule has 5 heteroatoms. The molecule has 0 aliphatic heterocycles. The Hall–Kier alpha value is -7.63. The Morgan fingerprint density at radius 2 is 0.857 bits per heavy atom. The number of rotatable bonds is 6. The molecule has 11 aromatic rings. The van der Waals surface area contributed by atoms with Crippen molar-refractivity contribution in [2.75, 3.05) is 0 Å². The van der Waals surface area contributed by atoms with Crippen molar-refractivity contribution in [1.29, 1.82) is 0 Å². The third-order valence-electron chi connectivity index (χ3n) is 10.6. The van der Waals surface area contributed by atoms with Crippen LogP contribution in [0.5, 0.6) is 0 Å². The number of para-hydroxylation sites is 2. The number of hydrogen-bond donors (Lipinski definition) is 0. The van der Waals surface area contributed by atoms with Gasteiger partial charge in [0.15, 0.2) is 5.82 Å². The van der Waals surface area contributed by atoms with Gasteiger partial charge in [0, 0.05) is 50.6 Å². The molecule has 0 radical (unpaired) electrons. The van der Waals surface area contributed by atoms with Gasteiger partial charge < -0.3 is 8.83 Å². The van der Waals surface area contributed by atoms with Crippen LogP contribution in [0, 0.1) is 0 Å². The smallest absolute Gasteiger partial charge is 0.160 e. The Kier molecular flexibility index (Phi) is 7.42. The van der Waals surface area contributed by atoms with E-state index in [9.17, 15) is 0 Å². The summed E-state index contributed by atoms with van der Waals surface area (Å²) in [4.78, 5) is 14.7. The molecule has 4 heterocycles. The van der Waals surface area contributed by atoms with Crippen molar-refractivity contribution in [3.63, 3.8) is 0 Å². The van der Waals surface area contributed by atoms with Gasteiger partial charge in [-0.05, 0) is 88.0 Å². The molecule has 0 atom stereocenters. The van der Waals surface area contributed by atoms with E-state index in [-0.39, 0.29) is 0 Å². The van der Waals surface area contributed by atoms with Gasteiger partial charge in [-0.1, -0.05) is 121 Å². The maximum absolute atomic E-state index is 6.37. The summed E-state index contributed by atoms with van der Waals surface area (Å²) in [5.41, 5.74) is 14.5. The molecule has 7 aromatic carbocycles. The molecule has 262 valence electrons. The largest absolute Gasteiger partial charge is 0.456 e. The average Bonchev–Trinajstić information content (AvgIpc) is 3.86. The fourth-order valence-corrected chi connectivity index (χ4v) is 7.94. The van der Waals surface area contributed by atoms with E-state index < -0.39 is 0 Å². The minimum atomic E-state index is 0.659. The Morgan fingerprint density at radius 3 is 1.46 bits per heavy atom. The SMILES string of the molecule is c1ccc(-c2nc(-c3ccc(-c4cccnc4)cc3)cc(-c3cc(-c4cccc5oc6ccccc6c45)cc(-c4cccc5oc6ccccc6c45)c3)n2)cc1. The molecule has 0 saturated carbocycles. The summed E-state index contributed by atoms with van der Waals surface area (Å²) in [6, 6.07) is 60.7. The average molecular weight is 718 g/mol. The number of pyridine rings is 1. The fraction of sp³-hybridized carbons (Fsp3) is 0. The van der Waals surface area contributed by atoms with E-state index >= 15 is 0 Å². The number of nitrogens with zero attached hydrogens (tertiary/aromatic N) is 3. The molecule has 5 nitrogen and oxygen atoms in total. The molecule has 4 aromatic heterocycles. The van der Waals surface area contributed by atoms with Crippen LogP contribution in [-0.2, 0) is 0 Å². The van der Waals surface area contributed by atoms with Crippen molar-refractivity contribution in [3.05, 3.63) is 188 Å². The lowest BCUT2D eigenvalue weighted by molar-refractivity contribution is 0.668. The maximum atomic E-state index is 6.37. The van der Waals surface area contributed by atoms with Gasteiger partial charge in [-0.25, -0.2) is 9.97 Å². The highest BCUT2D eigenvalue weighted by molar-refractivity contribution is 6.15. The summed E-state index contributed by atoms with van der Waals surface area (Å²) in [5, 5.41) is 4.33. The van der Waals surface area contributed by atoms with Crippen LogP contribution in [0.4, 0.5) is 0 Å². The highest BCUT2D eigenvalue weighted by atomic mass is 16.3. The van der Waals surface area contributed by atoms with Crippen LogP contribution in [0.1, 0.15) is 0 Å². The van der Waals surface area contributed by atoms with Crippen molar-refractivity contribution in [1.82, 2.24) is 15.0 Å². The fourth-order valence-electron chi connectivity index (χ4n) is 7.94. The summed E-state index contributed by atoms with van der Waals surface area (Å²) >= 11 is 0. The molecule has 56 heavy (non-hydrogen) atoms. The zero-order valence-electron chi connectivity index (χ0n) is 30.1. The molecule has 11 rings (SSSR count). The molecule has 0 aliphatic carbocycles. The molecular weight excluding hydrogens is 687 g/mol. The first-order valence-electron chi connectivity index (χ1n) is 18.7. The van der Waals surface area contributed by atoms with Crippen molar-refractivity contribution < 1.29 is 8.83 Å². The summed E-state index contributed by atoms with van der Waals surface area (Å²) < 4.78 is 12.7. The van der Waals surface area contributed by atoms with E-state index in [2.05, 4.69) is 120 Å². The second-order valence-corrected chi connectivity index (χ2v) is 14.0. The quantitative estimate of drug-likeness (QED) is 0.171. The number of benzene rings is 7. The third kappa shape index (κ3) is 5.45. The first-order valence-corrected chi connectivity index (χ1v) is 18.7. The molecule has 0 amide bonds. The highest BCUT2D eigenvalue weighted by Gasteiger charge is 2.19. The topological polar surface area (TPSA) is 65.0 Å². The van der Waals surface area contributed by atoms with E-state index in [4.69, 9.17) is 18.8 Å². The number of hydrogen-bond acceptors (Lipinski definition) is 5. The first kappa shape index (κ1) is 31.9. The third-order valence-corrected chi connectivity index (χ3v) is 10.6. The molecule has 0 saturated heterocycles. The Balaban J connectivity index is 1.16. The van der Waals surface area contributed by atoms with Crippen LogP contribution < -0.4 is 0 Å². The van der Waals surface area contributed by atoms with Gasteiger partial charge in [0.25, 0.3) is 0 Å². The van der Waals surface area contributed by atoms with Gasteiger partial charge in [0.05, 0.1) is 11.4 Å². The Bertz CT molecular complexity index is 3110. The van der Waals surface area contributed by atoms with Crippen LogP contribution in [0.25, 0.3) is 111 Å². The van der Waals surface area contributed by atoms with Crippen LogP contribution >= 0.6 is 0 Å². The molecule has 0 unspecified atom stereocenters. The van der Waals surface area contributed by atoms with Gasteiger partial charge in [-0.15, -0.1) is 0 Å². The zero-order valence-corrected chi connectivity index (χ0v) is 30.1. The van der Waals surface area contributed by atoms with Crippen LogP contribution in [0.15, 0.2) is 197 Å². The van der Waals surface area contributed by atoms with Gasteiger partial charge >= 0.3 is 0 Å².